The molecule has 0 aromatic rings. The van der Waals surface area contributed by atoms with Crippen LogP contribution in [0.1, 0.15) is 6.42 Å². The van der Waals surface area contributed by atoms with Crippen molar-refractivity contribution in [3.63, 3.8) is 0 Å². The second-order valence-electron chi connectivity index (χ2n) is 2.96. The fraction of sp³-hybridized carbons (Fsp3) is 0.444. The Kier molecular flexibility index (Phi) is 6.53. The molecule has 0 aliphatic carbocycles. The standard InChI is InChI=1S/C9H15N3O4/c1-2-3-6(9(15)16)12-8(14)5-11-7(13)4-10/h2,6H,1,3-5,10H2,(H,11,13)(H,12,14)(H,15,16). The molecule has 0 saturated carbocycles. The van der Waals surface area contributed by atoms with Gasteiger partial charge in [-0.2, -0.15) is 0 Å². The lowest BCUT2D eigenvalue weighted by Crippen LogP contribution is -2.46. The van der Waals surface area contributed by atoms with Gasteiger partial charge in [0, 0.05) is 0 Å². The van der Waals surface area contributed by atoms with E-state index in [1.807, 2.05) is 0 Å². The Bertz CT molecular complexity index is 290. The van der Waals surface area contributed by atoms with Crippen LogP contribution in [0.3, 0.4) is 0 Å². The van der Waals surface area contributed by atoms with E-state index in [0.717, 1.165) is 0 Å². The zero-order valence-electron chi connectivity index (χ0n) is 8.73. The van der Waals surface area contributed by atoms with Crippen LogP contribution in [-0.2, 0) is 14.4 Å². The summed E-state index contributed by atoms with van der Waals surface area (Å²) in [6.45, 7) is 2.86. The molecule has 7 heteroatoms. The highest BCUT2D eigenvalue weighted by atomic mass is 16.4. The summed E-state index contributed by atoms with van der Waals surface area (Å²) in [4.78, 5) is 32.6. The SMILES string of the molecule is C=CCC(NC(=O)CNC(=O)CN)C(=O)O. The Hall–Kier alpha value is -1.89. The Morgan fingerprint density at radius 3 is 2.44 bits per heavy atom. The normalized spacial score (nSPS) is 11.3. The molecule has 0 heterocycles. The van der Waals surface area contributed by atoms with E-state index < -0.39 is 23.8 Å². The van der Waals surface area contributed by atoms with Gasteiger partial charge in [-0.25, -0.2) is 4.79 Å². The monoisotopic (exact) mass is 229 g/mol. The van der Waals surface area contributed by atoms with Crippen molar-refractivity contribution in [3.8, 4) is 0 Å². The van der Waals surface area contributed by atoms with E-state index in [9.17, 15) is 14.4 Å². The molecule has 0 aliphatic rings. The summed E-state index contributed by atoms with van der Waals surface area (Å²) >= 11 is 0. The molecule has 0 fully saturated rings. The molecule has 0 radical (unpaired) electrons. The van der Waals surface area contributed by atoms with Crippen molar-refractivity contribution in [2.75, 3.05) is 13.1 Å². The molecule has 0 aromatic carbocycles. The molecule has 0 aromatic heterocycles. The van der Waals surface area contributed by atoms with Crippen LogP contribution in [0.15, 0.2) is 12.7 Å². The maximum absolute atomic E-state index is 11.2. The topological polar surface area (TPSA) is 122 Å². The van der Waals surface area contributed by atoms with E-state index in [2.05, 4.69) is 17.2 Å². The van der Waals surface area contributed by atoms with Gasteiger partial charge in [0.25, 0.3) is 0 Å². The van der Waals surface area contributed by atoms with Crippen LogP contribution in [0.4, 0.5) is 0 Å². The Labute approximate surface area is 92.7 Å². The van der Waals surface area contributed by atoms with E-state index in [1.165, 1.54) is 6.08 Å². The second kappa shape index (κ2) is 7.41. The van der Waals surface area contributed by atoms with Gasteiger partial charge in [0.1, 0.15) is 6.04 Å². The van der Waals surface area contributed by atoms with Gasteiger partial charge in [-0.3, -0.25) is 9.59 Å². The molecule has 16 heavy (non-hydrogen) atoms. The average molecular weight is 229 g/mol. The molecular weight excluding hydrogens is 214 g/mol. The number of amides is 2. The summed E-state index contributed by atoms with van der Waals surface area (Å²) in [6.07, 6.45) is 1.50. The van der Waals surface area contributed by atoms with Gasteiger partial charge in [0.05, 0.1) is 13.1 Å². The molecule has 2 amide bonds. The smallest absolute Gasteiger partial charge is 0.326 e. The minimum Gasteiger partial charge on any atom is -0.480 e. The summed E-state index contributed by atoms with van der Waals surface area (Å²) in [5.41, 5.74) is 5.00. The summed E-state index contributed by atoms with van der Waals surface area (Å²) in [5, 5.41) is 13.2. The van der Waals surface area contributed by atoms with Gasteiger partial charge < -0.3 is 21.5 Å². The van der Waals surface area contributed by atoms with Crippen LogP contribution in [-0.4, -0.2) is 42.0 Å². The van der Waals surface area contributed by atoms with Crippen molar-refractivity contribution in [2.24, 2.45) is 5.73 Å². The van der Waals surface area contributed by atoms with Crippen LogP contribution >= 0.6 is 0 Å². The van der Waals surface area contributed by atoms with Gasteiger partial charge in [-0.15, -0.1) is 6.58 Å². The highest BCUT2D eigenvalue weighted by molar-refractivity contribution is 5.88. The van der Waals surface area contributed by atoms with E-state index in [1.54, 1.807) is 0 Å². The van der Waals surface area contributed by atoms with Crippen molar-refractivity contribution in [2.45, 2.75) is 12.5 Å². The highest BCUT2D eigenvalue weighted by Crippen LogP contribution is 1.92. The maximum Gasteiger partial charge on any atom is 0.326 e. The number of hydrogen-bond acceptors (Lipinski definition) is 4. The van der Waals surface area contributed by atoms with Crippen molar-refractivity contribution in [3.05, 3.63) is 12.7 Å². The molecule has 0 aliphatic heterocycles. The molecule has 0 saturated heterocycles. The third kappa shape index (κ3) is 5.76. The minimum atomic E-state index is -1.15. The lowest BCUT2D eigenvalue weighted by molar-refractivity contribution is -0.141. The van der Waals surface area contributed by atoms with Crippen LogP contribution in [0, 0.1) is 0 Å². The summed E-state index contributed by atoms with van der Waals surface area (Å²) in [6, 6.07) is -1.03. The second-order valence-corrected chi connectivity index (χ2v) is 2.96. The van der Waals surface area contributed by atoms with Crippen molar-refractivity contribution >= 4 is 17.8 Å². The van der Waals surface area contributed by atoms with E-state index >= 15 is 0 Å². The third-order valence-electron chi connectivity index (χ3n) is 1.67. The molecule has 1 atom stereocenters. The Balaban J connectivity index is 4.04. The fourth-order valence-corrected chi connectivity index (χ4v) is 0.885. The zero-order valence-corrected chi connectivity index (χ0v) is 8.73. The Morgan fingerprint density at radius 2 is 2.00 bits per heavy atom. The number of carbonyl (C=O) groups excluding carboxylic acids is 2. The summed E-state index contributed by atoms with van der Waals surface area (Å²) in [7, 11) is 0. The van der Waals surface area contributed by atoms with Gasteiger partial charge >= 0.3 is 5.97 Å². The third-order valence-corrected chi connectivity index (χ3v) is 1.67. The maximum atomic E-state index is 11.2. The minimum absolute atomic E-state index is 0.117. The van der Waals surface area contributed by atoms with Crippen LogP contribution in [0.25, 0.3) is 0 Å². The molecule has 0 rings (SSSR count). The molecule has 90 valence electrons. The molecule has 5 N–H and O–H groups in total. The predicted molar refractivity (Wildman–Crippen MR) is 56.4 cm³/mol. The average Bonchev–Trinajstić information content (AvgIpc) is 2.25. The fourth-order valence-electron chi connectivity index (χ4n) is 0.885. The van der Waals surface area contributed by atoms with Gasteiger partial charge in [-0.1, -0.05) is 6.08 Å². The highest BCUT2D eigenvalue weighted by Gasteiger charge is 2.17. The zero-order chi connectivity index (χ0) is 12.6. The lowest BCUT2D eigenvalue weighted by atomic mass is 10.2. The van der Waals surface area contributed by atoms with Crippen LogP contribution < -0.4 is 16.4 Å². The first-order valence-corrected chi connectivity index (χ1v) is 4.61. The van der Waals surface area contributed by atoms with Gasteiger partial charge in [0.2, 0.25) is 11.8 Å². The first kappa shape index (κ1) is 14.1. The molecule has 1 unspecified atom stereocenters. The van der Waals surface area contributed by atoms with Crippen molar-refractivity contribution in [1.29, 1.82) is 0 Å². The summed E-state index contributed by atoms with van der Waals surface area (Å²) in [5.74, 6) is -2.22. The predicted octanol–water partition coefficient (Wildman–Crippen LogP) is -1.79. The molecule has 0 bridgehead atoms. The number of carboxylic acid groups (broad SMARTS) is 1. The lowest BCUT2D eigenvalue weighted by Gasteiger charge is -2.12. The van der Waals surface area contributed by atoms with Gasteiger partial charge in [-0.05, 0) is 6.42 Å². The van der Waals surface area contributed by atoms with E-state index in [-0.39, 0.29) is 19.5 Å². The quantitative estimate of drug-likeness (QED) is 0.384. The number of rotatable bonds is 7. The summed E-state index contributed by atoms with van der Waals surface area (Å²) < 4.78 is 0. The number of carboxylic acids is 1. The number of carbonyl (C=O) groups is 3. The van der Waals surface area contributed by atoms with E-state index in [0.29, 0.717) is 0 Å². The number of hydrogen-bond donors (Lipinski definition) is 4. The number of nitrogens with two attached hydrogens (primary N) is 1. The van der Waals surface area contributed by atoms with Crippen LogP contribution in [0.5, 0.6) is 0 Å². The number of nitrogens with one attached hydrogen (secondary N) is 2. The van der Waals surface area contributed by atoms with Crippen molar-refractivity contribution in [1.82, 2.24) is 10.6 Å². The van der Waals surface area contributed by atoms with E-state index in [4.69, 9.17) is 10.8 Å². The van der Waals surface area contributed by atoms with Gasteiger partial charge in [0.15, 0.2) is 0 Å². The largest absolute Gasteiger partial charge is 0.480 e. The number of aliphatic carboxylic acids is 1. The first-order valence-electron chi connectivity index (χ1n) is 4.61. The molecular formula is C9H15N3O4. The Morgan fingerprint density at radius 1 is 1.38 bits per heavy atom. The van der Waals surface area contributed by atoms with Crippen molar-refractivity contribution < 1.29 is 19.5 Å². The first-order chi connectivity index (χ1) is 7.51. The van der Waals surface area contributed by atoms with Crippen LogP contribution in [0.2, 0.25) is 0 Å². The molecule has 7 nitrogen and oxygen atoms in total. The molecule has 0 spiro atoms.